The van der Waals surface area contributed by atoms with E-state index < -0.39 is 0 Å². The molecule has 0 amide bonds. The van der Waals surface area contributed by atoms with Crippen LogP contribution in [0.1, 0.15) is 30.0 Å². The fraction of sp³-hybridized carbons (Fsp3) is 0.476. The summed E-state index contributed by atoms with van der Waals surface area (Å²) < 4.78 is 5.36. The lowest BCUT2D eigenvalue weighted by Gasteiger charge is -2.20. The Kier molecular flexibility index (Phi) is 5.87. The highest BCUT2D eigenvalue weighted by Gasteiger charge is 2.28. The molecular weight excluding hydrogens is 338 g/mol. The van der Waals surface area contributed by atoms with Gasteiger partial charge in [-0.1, -0.05) is 18.2 Å². The molecule has 1 aromatic carbocycles. The fourth-order valence-corrected chi connectivity index (χ4v) is 3.97. The molecule has 2 aliphatic rings. The molecule has 2 aliphatic heterocycles. The molecule has 2 fully saturated rings. The summed E-state index contributed by atoms with van der Waals surface area (Å²) in [5.41, 5.74) is 9.18. The molecule has 144 valence electrons. The van der Waals surface area contributed by atoms with Crippen molar-refractivity contribution in [3.05, 3.63) is 53.7 Å². The van der Waals surface area contributed by atoms with Gasteiger partial charge in [0.2, 0.25) is 0 Å². The molecule has 3 heterocycles. The number of pyridine rings is 1. The number of hydrogen-bond donors (Lipinski definition) is 3. The normalized spacial score (nSPS) is 22.3. The van der Waals surface area contributed by atoms with Crippen LogP contribution < -0.4 is 25.8 Å². The average molecular weight is 367 g/mol. The molecule has 0 saturated carbocycles. The van der Waals surface area contributed by atoms with Gasteiger partial charge in [-0.05, 0) is 42.2 Å². The third-order valence-electron chi connectivity index (χ3n) is 5.52. The molecule has 0 spiro atoms. The van der Waals surface area contributed by atoms with Gasteiger partial charge in [0, 0.05) is 44.8 Å². The van der Waals surface area contributed by atoms with E-state index in [1.54, 1.807) is 7.11 Å². The zero-order valence-corrected chi connectivity index (χ0v) is 15.9. The summed E-state index contributed by atoms with van der Waals surface area (Å²) in [7, 11) is 1.71. The first-order chi connectivity index (χ1) is 13.3. The minimum absolute atomic E-state index is 0.281. The molecule has 2 saturated heterocycles. The van der Waals surface area contributed by atoms with Crippen molar-refractivity contribution < 1.29 is 4.74 Å². The third kappa shape index (κ3) is 4.40. The molecule has 3 N–H and O–H groups in total. The number of rotatable bonds is 7. The molecule has 2 aromatic rings. The van der Waals surface area contributed by atoms with Crippen LogP contribution in [0.4, 0.5) is 5.82 Å². The van der Waals surface area contributed by atoms with Crippen molar-refractivity contribution in [2.75, 3.05) is 38.2 Å². The van der Waals surface area contributed by atoms with Crippen LogP contribution in [0.15, 0.2) is 42.6 Å². The van der Waals surface area contributed by atoms with Crippen molar-refractivity contribution in [2.45, 2.75) is 25.4 Å². The molecule has 2 unspecified atom stereocenters. The molecule has 2 atom stereocenters. The number of nitrogens with zero attached hydrogens (tertiary/aromatic N) is 2. The van der Waals surface area contributed by atoms with Gasteiger partial charge in [-0.15, -0.1) is 0 Å². The quantitative estimate of drug-likeness (QED) is 0.698. The molecule has 4 rings (SSSR count). The zero-order valence-electron chi connectivity index (χ0n) is 15.9. The van der Waals surface area contributed by atoms with E-state index >= 15 is 0 Å². The van der Waals surface area contributed by atoms with Gasteiger partial charge >= 0.3 is 0 Å². The Morgan fingerprint density at radius 2 is 2.11 bits per heavy atom. The largest absolute Gasteiger partial charge is 0.497 e. The second-order valence-corrected chi connectivity index (χ2v) is 7.39. The number of benzene rings is 1. The SMILES string of the molecule is COc1cccc(C2NNCC2CNCc2ccc(N3CCCC3)nc2)c1. The van der Waals surface area contributed by atoms with Gasteiger partial charge in [-0.3, -0.25) is 5.43 Å². The second kappa shape index (κ2) is 8.69. The summed E-state index contributed by atoms with van der Waals surface area (Å²) in [5, 5.41) is 3.60. The van der Waals surface area contributed by atoms with Gasteiger partial charge in [0.1, 0.15) is 11.6 Å². The lowest BCUT2D eigenvalue weighted by Crippen LogP contribution is -2.28. The summed E-state index contributed by atoms with van der Waals surface area (Å²) in [6.45, 7) is 5.00. The van der Waals surface area contributed by atoms with Crippen molar-refractivity contribution in [2.24, 2.45) is 5.92 Å². The smallest absolute Gasteiger partial charge is 0.128 e. The van der Waals surface area contributed by atoms with E-state index in [0.717, 1.165) is 44.3 Å². The van der Waals surface area contributed by atoms with E-state index in [0.29, 0.717) is 5.92 Å². The number of nitrogens with one attached hydrogen (secondary N) is 3. The van der Waals surface area contributed by atoms with Crippen LogP contribution in [-0.4, -0.2) is 38.3 Å². The van der Waals surface area contributed by atoms with Gasteiger partial charge < -0.3 is 15.0 Å². The Hall–Kier alpha value is -2.15. The highest BCUT2D eigenvalue weighted by molar-refractivity contribution is 5.40. The summed E-state index contributed by atoms with van der Waals surface area (Å²) in [6, 6.07) is 12.9. The van der Waals surface area contributed by atoms with Crippen LogP contribution in [-0.2, 0) is 6.54 Å². The molecule has 0 radical (unpaired) electrons. The van der Waals surface area contributed by atoms with E-state index in [-0.39, 0.29) is 6.04 Å². The molecule has 6 nitrogen and oxygen atoms in total. The molecule has 0 bridgehead atoms. The lowest BCUT2D eigenvalue weighted by molar-refractivity contribution is 0.409. The van der Waals surface area contributed by atoms with Gasteiger partial charge in [-0.2, -0.15) is 0 Å². The molecule has 6 heteroatoms. The second-order valence-electron chi connectivity index (χ2n) is 7.39. The Balaban J connectivity index is 1.30. The highest BCUT2D eigenvalue weighted by Crippen LogP contribution is 2.27. The number of methoxy groups -OCH3 is 1. The number of anilines is 1. The summed E-state index contributed by atoms with van der Waals surface area (Å²) in [5.74, 6) is 2.49. The minimum Gasteiger partial charge on any atom is -0.497 e. The van der Waals surface area contributed by atoms with Crippen molar-refractivity contribution in [1.29, 1.82) is 0 Å². The minimum atomic E-state index is 0.281. The van der Waals surface area contributed by atoms with Crippen molar-refractivity contribution in [1.82, 2.24) is 21.2 Å². The Labute approximate surface area is 161 Å². The summed E-state index contributed by atoms with van der Waals surface area (Å²) >= 11 is 0. The summed E-state index contributed by atoms with van der Waals surface area (Å²) in [4.78, 5) is 7.01. The van der Waals surface area contributed by atoms with Gasteiger partial charge in [0.25, 0.3) is 0 Å². The van der Waals surface area contributed by atoms with E-state index in [9.17, 15) is 0 Å². The number of hydrazine groups is 1. The zero-order chi connectivity index (χ0) is 18.5. The van der Waals surface area contributed by atoms with E-state index in [1.165, 1.54) is 24.0 Å². The van der Waals surface area contributed by atoms with Crippen LogP contribution in [0.5, 0.6) is 5.75 Å². The maximum atomic E-state index is 5.36. The van der Waals surface area contributed by atoms with Crippen LogP contribution in [0.25, 0.3) is 0 Å². The fourth-order valence-electron chi connectivity index (χ4n) is 3.97. The number of hydrogen-bond acceptors (Lipinski definition) is 6. The third-order valence-corrected chi connectivity index (χ3v) is 5.52. The predicted octanol–water partition coefficient (Wildman–Crippen LogP) is 2.25. The maximum absolute atomic E-state index is 5.36. The monoisotopic (exact) mass is 367 g/mol. The van der Waals surface area contributed by atoms with Crippen LogP contribution in [0, 0.1) is 5.92 Å². The van der Waals surface area contributed by atoms with E-state index in [4.69, 9.17) is 4.74 Å². The average Bonchev–Trinajstić information content (AvgIpc) is 3.41. The lowest BCUT2D eigenvalue weighted by atomic mass is 9.94. The molecule has 27 heavy (non-hydrogen) atoms. The van der Waals surface area contributed by atoms with Crippen molar-refractivity contribution >= 4 is 5.82 Å². The molecule has 0 aliphatic carbocycles. The summed E-state index contributed by atoms with van der Waals surface area (Å²) in [6.07, 6.45) is 4.57. The maximum Gasteiger partial charge on any atom is 0.128 e. The highest BCUT2D eigenvalue weighted by atomic mass is 16.5. The van der Waals surface area contributed by atoms with E-state index in [1.807, 2.05) is 18.3 Å². The predicted molar refractivity (Wildman–Crippen MR) is 108 cm³/mol. The van der Waals surface area contributed by atoms with Crippen molar-refractivity contribution in [3.8, 4) is 5.75 Å². The Morgan fingerprint density at radius 3 is 2.89 bits per heavy atom. The van der Waals surface area contributed by atoms with E-state index in [2.05, 4.69) is 50.3 Å². The Bertz CT molecular complexity index is 730. The van der Waals surface area contributed by atoms with Gasteiger partial charge in [0.15, 0.2) is 0 Å². The number of aromatic nitrogens is 1. The first-order valence-electron chi connectivity index (χ1n) is 9.86. The van der Waals surface area contributed by atoms with Crippen LogP contribution in [0.3, 0.4) is 0 Å². The van der Waals surface area contributed by atoms with Crippen LogP contribution >= 0.6 is 0 Å². The molecular formula is C21H29N5O. The van der Waals surface area contributed by atoms with Crippen LogP contribution in [0.2, 0.25) is 0 Å². The van der Waals surface area contributed by atoms with Gasteiger partial charge in [-0.25, -0.2) is 10.4 Å². The molecule has 1 aromatic heterocycles. The topological polar surface area (TPSA) is 61.5 Å². The first kappa shape index (κ1) is 18.2. The standard InChI is InChI=1S/C21H29N5O/c1-27-19-6-4-5-17(11-19)21-18(15-24-25-21)14-22-12-16-7-8-20(23-13-16)26-9-2-3-10-26/h4-8,11,13,18,21-22,24-25H,2-3,9-10,12,14-15H2,1H3. The Morgan fingerprint density at radius 1 is 1.22 bits per heavy atom. The van der Waals surface area contributed by atoms with Gasteiger partial charge in [0.05, 0.1) is 13.2 Å². The number of ether oxygens (including phenoxy) is 1. The first-order valence-corrected chi connectivity index (χ1v) is 9.86. The van der Waals surface area contributed by atoms with Crippen molar-refractivity contribution in [3.63, 3.8) is 0 Å².